The third kappa shape index (κ3) is 2.51. The van der Waals surface area contributed by atoms with Crippen molar-refractivity contribution in [3.63, 3.8) is 0 Å². The molecule has 5 nitrogen and oxygen atoms in total. The van der Waals surface area contributed by atoms with Gasteiger partial charge < -0.3 is 14.4 Å². The fraction of sp³-hybridized carbons (Fsp3) is 0.429. The third-order valence-electron chi connectivity index (χ3n) is 3.67. The van der Waals surface area contributed by atoms with Gasteiger partial charge in [-0.3, -0.25) is 0 Å². The Bertz CT molecular complexity index is 633. The van der Waals surface area contributed by atoms with E-state index in [1.54, 1.807) is 12.1 Å². The molecule has 0 amide bonds. The van der Waals surface area contributed by atoms with Crippen LogP contribution >= 0.6 is 12.4 Å². The van der Waals surface area contributed by atoms with E-state index in [1.165, 1.54) is 0 Å². The van der Waals surface area contributed by atoms with Crippen molar-refractivity contribution in [3.8, 4) is 0 Å². The van der Waals surface area contributed by atoms with Crippen molar-refractivity contribution >= 4 is 29.4 Å². The molecule has 1 aromatic heterocycles. The smallest absolute Gasteiger partial charge is 0.335 e. The van der Waals surface area contributed by atoms with Crippen molar-refractivity contribution in [1.82, 2.24) is 9.55 Å². The number of rotatable bonds is 2. The van der Waals surface area contributed by atoms with Crippen LogP contribution in [0, 0.1) is 6.92 Å². The van der Waals surface area contributed by atoms with Crippen LogP contribution in [-0.4, -0.2) is 33.8 Å². The minimum Gasteiger partial charge on any atom is -0.478 e. The van der Waals surface area contributed by atoms with Crippen LogP contribution in [0.3, 0.4) is 0 Å². The summed E-state index contributed by atoms with van der Waals surface area (Å²) in [5.41, 5.74) is 2.04. The second-order valence-corrected chi connectivity index (χ2v) is 4.88. The average Bonchev–Trinajstić information content (AvgIpc) is 2.74. The number of hydrogen-bond acceptors (Lipinski definition) is 3. The van der Waals surface area contributed by atoms with Gasteiger partial charge in [0, 0.05) is 19.3 Å². The summed E-state index contributed by atoms with van der Waals surface area (Å²) in [5, 5.41) is 9.02. The van der Waals surface area contributed by atoms with E-state index >= 15 is 0 Å². The van der Waals surface area contributed by atoms with E-state index in [-0.39, 0.29) is 18.0 Å². The maximum atomic E-state index is 11.0. The van der Waals surface area contributed by atoms with E-state index in [0.717, 1.165) is 42.9 Å². The van der Waals surface area contributed by atoms with Gasteiger partial charge in [0.1, 0.15) is 5.82 Å². The van der Waals surface area contributed by atoms with Crippen LogP contribution in [0.15, 0.2) is 18.2 Å². The van der Waals surface area contributed by atoms with Gasteiger partial charge in [-0.25, -0.2) is 9.78 Å². The van der Waals surface area contributed by atoms with E-state index < -0.39 is 5.97 Å². The molecule has 1 aliphatic rings. The Balaban J connectivity index is 0.00000147. The molecule has 0 unspecified atom stereocenters. The van der Waals surface area contributed by atoms with E-state index in [4.69, 9.17) is 9.84 Å². The number of halogens is 1. The highest BCUT2D eigenvalue weighted by atomic mass is 35.5. The van der Waals surface area contributed by atoms with Gasteiger partial charge in [-0.15, -0.1) is 12.4 Å². The average molecular weight is 297 g/mol. The standard InChI is InChI=1S/C14H16N2O3.ClH/c1-9-15-12-8-10(14(17)18)2-3-13(12)16(9)11-4-6-19-7-5-11;/h2-3,8,11H,4-7H2,1H3,(H,17,18);1H. The van der Waals surface area contributed by atoms with Crippen molar-refractivity contribution in [2.75, 3.05) is 13.2 Å². The largest absolute Gasteiger partial charge is 0.478 e. The molecule has 1 N–H and O–H groups in total. The van der Waals surface area contributed by atoms with Gasteiger partial charge in [-0.05, 0) is 38.0 Å². The summed E-state index contributed by atoms with van der Waals surface area (Å²) in [7, 11) is 0. The number of imidazole rings is 1. The van der Waals surface area contributed by atoms with Crippen LogP contribution in [0.1, 0.15) is 35.1 Å². The predicted octanol–water partition coefficient (Wildman–Crippen LogP) is 2.82. The van der Waals surface area contributed by atoms with Gasteiger partial charge >= 0.3 is 5.97 Å². The molecule has 2 heterocycles. The number of aromatic carboxylic acids is 1. The molecule has 0 atom stereocenters. The van der Waals surface area contributed by atoms with Crippen LogP contribution in [0.25, 0.3) is 11.0 Å². The lowest BCUT2D eigenvalue weighted by atomic mass is 10.1. The van der Waals surface area contributed by atoms with Crippen molar-refractivity contribution in [2.24, 2.45) is 0 Å². The van der Waals surface area contributed by atoms with Gasteiger partial charge in [-0.1, -0.05) is 0 Å². The van der Waals surface area contributed by atoms with Gasteiger partial charge in [0.15, 0.2) is 0 Å². The number of benzene rings is 1. The summed E-state index contributed by atoms with van der Waals surface area (Å²) >= 11 is 0. The molecular formula is C14H17ClN2O3. The minimum absolute atomic E-state index is 0. The van der Waals surface area contributed by atoms with Gasteiger partial charge in [0.05, 0.1) is 16.6 Å². The topological polar surface area (TPSA) is 64.3 Å². The highest BCUT2D eigenvalue weighted by Gasteiger charge is 2.20. The molecular weight excluding hydrogens is 280 g/mol. The Morgan fingerprint density at radius 2 is 2.10 bits per heavy atom. The molecule has 3 rings (SSSR count). The Kier molecular flexibility index (Phi) is 4.30. The van der Waals surface area contributed by atoms with Crippen molar-refractivity contribution in [3.05, 3.63) is 29.6 Å². The summed E-state index contributed by atoms with van der Waals surface area (Å²) < 4.78 is 7.60. The van der Waals surface area contributed by atoms with Gasteiger partial charge in [0.25, 0.3) is 0 Å². The van der Waals surface area contributed by atoms with Gasteiger partial charge in [-0.2, -0.15) is 0 Å². The number of nitrogens with zero attached hydrogens (tertiary/aromatic N) is 2. The first-order chi connectivity index (χ1) is 9.16. The quantitative estimate of drug-likeness (QED) is 0.925. The monoisotopic (exact) mass is 296 g/mol. The lowest BCUT2D eigenvalue weighted by Gasteiger charge is -2.25. The number of carboxylic acid groups (broad SMARTS) is 1. The Morgan fingerprint density at radius 3 is 2.75 bits per heavy atom. The molecule has 2 aromatic rings. The van der Waals surface area contributed by atoms with Gasteiger partial charge in [0.2, 0.25) is 0 Å². The fourth-order valence-electron chi connectivity index (χ4n) is 2.76. The molecule has 0 saturated carbocycles. The first-order valence-electron chi connectivity index (χ1n) is 6.46. The van der Waals surface area contributed by atoms with Crippen molar-refractivity contribution in [2.45, 2.75) is 25.8 Å². The fourth-order valence-corrected chi connectivity index (χ4v) is 2.76. The number of aryl methyl sites for hydroxylation is 1. The molecule has 0 radical (unpaired) electrons. The number of carboxylic acids is 1. The lowest BCUT2D eigenvalue weighted by Crippen LogP contribution is -2.20. The molecule has 1 saturated heterocycles. The SMILES string of the molecule is Cc1nc2cc(C(=O)O)ccc2n1C1CCOCC1.Cl. The Hall–Kier alpha value is -1.59. The van der Waals surface area contributed by atoms with Crippen LogP contribution in [-0.2, 0) is 4.74 Å². The van der Waals surface area contributed by atoms with Crippen LogP contribution < -0.4 is 0 Å². The van der Waals surface area contributed by atoms with E-state index in [2.05, 4.69) is 9.55 Å². The highest BCUT2D eigenvalue weighted by Crippen LogP contribution is 2.28. The Morgan fingerprint density at radius 1 is 1.40 bits per heavy atom. The van der Waals surface area contributed by atoms with Crippen LogP contribution in [0.4, 0.5) is 0 Å². The second-order valence-electron chi connectivity index (χ2n) is 4.88. The molecule has 6 heteroatoms. The van der Waals surface area contributed by atoms with E-state index in [1.807, 2.05) is 13.0 Å². The van der Waals surface area contributed by atoms with Crippen LogP contribution in [0.2, 0.25) is 0 Å². The summed E-state index contributed by atoms with van der Waals surface area (Å²) in [5.74, 6) is 0.0182. The molecule has 1 aromatic carbocycles. The molecule has 1 aliphatic heterocycles. The first kappa shape index (κ1) is 14.8. The zero-order chi connectivity index (χ0) is 13.4. The molecule has 0 bridgehead atoms. The lowest BCUT2D eigenvalue weighted by molar-refractivity contribution is 0.0696. The summed E-state index contributed by atoms with van der Waals surface area (Å²) in [6.45, 7) is 3.52. The number of fused-ring (bicyclic) bond motifs is 1. The maximum Gasteiger partial charge on any atom is 0.335 e. The zero-order valence-corrected chi connectivity index (χ0v) is 12.0. The Labute approximate surface area is 123 Å². The molecule has 1 fully saturated rings. The summed E-state index contributed by atoms with van der Waals surface area (Å²) in [4.78, 5) is 15.5. The number of aromatic nitrogens is 2. The van der Waals surface area contributed by atoms with Crippen LogP contribution in [0.5, 0.6) is 0 Å². The van der Waals surface area contributed by atoms with E-state index in [0.29, 0.717) is 6.04 Å². The molecule has 0 spiro atoms. The number of carbonyl (C=O) groups is 1. The van der Waals surface area contributed by atoms with Crippen molar-refractivity contribution in [1.29, 1.82) is 0 Å². The molecule has 108 valence electrons. The number of ether oxygens (including phenoxy) is 1. The summed E-state index contributed by atoms with van der Waals surface area (Å²) in [6.07, 6.45) is 1.96. The first-order valence-corrected chi connectivity index (χ1v) is 6.46. The third-order valence-corrected chi connectivity index (χ3v) is 3.67. The normalized spacial score (nSPS) is 16.1. The van der Waals surface area contributed by atoms with E-state index in [9.17, 15) is 4.79 Å². The maximum absolute atomic E-state index is 11.0. The number of hydrogen-bond donors (Lipinski definition) is 1. The molecule has 20 heavy (non-hydrogen) atoms. The highest BCUT2D eigenvalue weighted by molar-refractivity contribution is 5.92. The summed E-state index contributed by atoms with van der Waals surface area (Å²) in [6, 6.07) is 5.53. The zero-order valence-electron chi connectivity index (χ0n) is 11.2. The molecule has 0 aliphatic carbocycles. The van der Waals surface area contributed by atoms with Crippen molar-refractivity contribution < 1.29 is 14.6 Å². The second kappa shape index (κ2) is 5.81. The predicted molar refractivity (Wildman–Crippen MR) is 77.8 cm³/mol. The minimum atomic E-state index is -0.917.